The minimum absolute atomic E-state index is 0.655. The lowest BCUT2D eigenvalue weighted by Gasteiger charge is -2.28. The largest absolute Gasteiger partial charge is 0.353 e. The average molecular weight is 232 g/mol. The molecule has 2 fully saturated rings. The van der Waals surface area contributed by atoms with Gasteiger partial charge in [0.15, 0.2) is 0 Å². The Kier molecular flexibility index (Phi) is 2.74. The van der Waals surface area contributed by atoms with Crippen molar-refractivity contribution in [2.24, 2.45) is 11.7 Å². The quantitative estimate of drug-likeness (QED) is 0.853. The molecule has 1 aliphatic heterocycles. The normalized spacial score (nSPS) is 26.8. The molecule has 3 rings (SSSR count). The fourth-order valence-corrected chi connectivity index (χ4v) is 3.24. The van der Waals surface area contributed by atoms with Crippen molar-refractivity contribution in [1.29, 1.82) is 0 Å². The molecule has 0 radical (unpaired) electrons. The Hall–Kier alpha value is -1.16. The van der Waals surface area contributed by atoms with E-state index in [1.54, 1.807) is 0 Å². The number of rotatable bonds is 3. The van der Waals surface area contributed by atoms with Gasteiger partial charge in [-0.1, -0.05) is 0 Å². The highest BCUT2D eigenvalue weighted by atomic mass is 15.3. The summed E-state index contributed by atoms with van der Waals surface area (Å²) in [6.45, 7) is 3.81. The van der Waals surface area contributed by atoms with Crippen LogP contribution in [0.5, 0.6) is 0 Å². The third-order valence-electron chi connectivity index (χ3n) is 3.98. The van der Waals surface area contributed by atoms with E-state index in [9.17, 15) is 0 Å². The van der Waals surface area contributed by atoms with E-state index in [4.69, 9.17) is 5.73 Å². The molecule has 2 aliphatic rings. The highest BCUT2D eigenvalue weighted by molar-refractivity contribution is 5.43. The third-order valence-corrected chi connectivity index (χ3v) is 3.98. The molecule has 1 aliphatic carbocycles. The summed E-state index contributed by atoms with van der Waals surface area (Å²) < 4.78 is 0. The van der Waals surface area contributed by atoms with Gasteiger partial charge in [-0.25, -0.2) is 9.97 Å². The summed E-state index contributed by atoms with van der Waals surface area (Å²) in [5.41, 5.74) is 6.68. The van der Waals surface area contributed by atoms with Gasteiger partial charge < -0.3 is 10.6 Å². The van der Waals surface area contributed by atoms with Gasteiger partial charge >= 0.3 is 0 Å². The van der Waals surface area contributed by atoms with Crippen LogP contribution in [0.1, 0.15) is 30.8 Å². The predicted molar refractivity (Wildman–Crippen MR) is 68.0 cm³/mol. The van der Waals surface area contributed by atoms with Gasteiger partial charge in [-0.05, 0) is 38.6 Å². The fraction of sp³-hybridized carbons (Fsp3) is 0.692. The second kappa shape index (κ2) is 4.26. The number of fused-ring (bicyclic) bond motifs is 2. The summed E-state index contributed by atoms with van der Waals surface area (Å²) in [4.78, 5) is 11.5. The van der Waals surface area contributed by atoms with E-state index in [2.05, 4.69) is 20.9 Å². The molecule has 92 valence electrons. The van der Waals surface area contributed by atoms with Crippen molar-refractivity contribution in [1.82, 2.24) is 9.97 Å². The highest BCUT2D eigenvalue weighted by Crippen LogP contribution is 2.39. The van der Waals surface area contributed by atoms with E-state index in [1.807, 2.05) is 6.92 Å². The van der Waals surface area contributed by atoms with E-state index in [-0.39, 0.29) is 0 Å². The van der Waals surface area contributed by atoms with Crippen LogP contribution in [0.3, 0.4) is 0 Å². The first-order valence-corrected chi connectivity index (χ1v) is 6.57. The van der Waals surface area contributed by atoms with Crippen LogP contribution >= 0.6 is 0 Å². The summed E-state index contributed by atoms with van der Waals surface area (Å²) in [5, 5.41) is 0. The topological polar surface area (TPSA) is 55.0 Å². The van der Waals surface area contributed by atoms with Crippen molar-refractivity contribution in [3.8, 4) is 0 Å². The van der Waals surface area contributed by atoms with Crippen LogP contribution in [0.25, 0.3) is 0 Å². The number of nitrogens with two attached hydrogens (primary N) is 1. The van der Waals surface area contributed by atoms with Gasteiger partial charge in [0.2, 0.25) is 0 Å². The highest BCUT2D eigenvalue weighted by Gasteiger charge is 2.38. The Morgan fingerprint density at radius 3 is 2.94 bits per heavy atom. The molecular weight excluding hydrogens is 212 g/mol. The molecule has 1 aromatic rings. The monoisotopic (exact) mass is 232 g/mol. The van der Waals surface area contributed by atoms with Gasteiger partial charge in [0.25, 0.3) is 0 Å². The number of anilines is 1. The first-order valence-electron chi connectivity index (χ1n) is 6.57. The third kappa shape index (κ3) is 2.02. The molecule has 1 aromatic heterocycles. The van der Waals surface area contributed by atoms with Gasteiger partial charge in [-0.2, -0.15) is 0 Å². The summed E-state index contributed by atoms with van der Waals surface area (Å²) >= 11 is 0. The van der Waals surface area contributed by atoms with Gasteiger partial charge in [-0.3, -0.25) is 0 Å². The fourth-order valence-electron chi connectivity index (χ4n) is 3.24. The lowest BCUT2D eigenvalue weighted by molar-refractivity contribution is 0.549. The van der Waals surface area contributed by atoms with Crippen LogP contribution in [-0.4, -0.2) is 29.1 Å². The number of hydrogen-bond donors (Lipinski definition) is 1. The molecule has 1 saturated carbocycles. The Morgan fingerprint density at radius 2 is 2.29 bits per heavy atom. The minimum atomic E-state index is 0.655. The Balaban J connectivity index is 1.87. The molecule has 2 atom stereocenters. The van der Waals surface area contributed by atoms with Crippen molar-refractivity contribution in [3.63, 3.8) is 0 Å². The summed E-state index contributed by atoms with van der Waals surface area (Å²) in [6, 6.07) is 2.85. The standard InChI is InChI=1S/C13H20N4/c1-9-15-11(4-5-14)7-13(16-9)17-8-10-2-3-12(17)6-10/h7,10,12H,2-6,8,14H2,1H3/t10-,12-/m1/s1. The van der Waals surface area contributed by atoms with E-state index in [0.29, 0.717) is 6.54 Å². The zero-order valence-corrected chi connectivity index (χ0v) is 10.4. The molecule has 17 heavy (non-hydrogen) atoms. The van der Waals surface area contributed by atoms with Gasteiger partial charge in [0.1, 0.15) is 11.6 Å². The Morgan fingerprint density at radius 1 is 1.41 bits per heavy atom. The van der Waals surface area contributed by atoms with Crippen LogP contribution in [0, 0.1) is 12.8 Å². The zero-order valence-electron chi connectivity index (χ0n) is 10.4. The average Bonchev–Trinajstić information content (AvgIpc) is 2.90. The van der Waals surface area contributed by atoms with Crippen molar-refractivity contribution >= 4 is 5.82 Å². The molecule has 4 nitrogen and oxygen atoms in total. The number of aromatic nitrogens is 2. The second-order valence-electron chi connectivity index (χ2n) is 5.29. The Bertz CT molecular complexity index is 418. The van der Waals surface area contributed by atoms with Gasteiger partial charge in [-0.15, -0.1) is 0 Å². The number of nitrogens with zero attached hydrogens (tertiary/aromatic N) is 3. The lowest BCUT2D eigenvalue weighted by Crippen LogP contribution is -2.33. The number of aryl methyl sites for hydroxylation is 1. The van der Waals surface area contributed by atoms with Crippen molar-refractivity contribution in [3.05, 3.63) is 17.6 Å². The zero-order chi connectivity index (χ0) is 11.8. The molecule has 2 bridgehead atoms. The maximum absolute atomic E-state index is 5.60. The van der Waals surface area contributed by atoms with E-state index < -0.39 is 0 Å². The second-order valence-corrected chi connectivity index (χ2v) is 5.29. The molecular formula is C13H20N4. The van der Waals surface area contributed by atoms with Crippen LogP contribution in [-0.2, 0) is 6.42 Å². The molecule has 0 aromatic carbocycles. The van der Waals surface area contributed by atoms with Crippen molar-refractivity contribution in [2.75, 3.05) is 18.0 Å². The molecule has 2 heterocycles. The predicted octanol–water partition coefficient (Wildman–Crippen LogP) is 1.27. The maximum Gasteiger partial charge on any atom is 0.132 e. The van der Waals surface area contributed by atoms with Crippen LogP contribution < -0.4 is 10.6 Å². The number of hydrogen-bond acceptors (Lipinski definition) is 4. The summed E-state index contributed by atoms with van der Waals surface area (Å²) in [7, 11) is 0. The number of piperidine rings is 1. The summed E-state index contributed by atoms with van der Waals surface area (Å²) in [6.07, 6.45) is 4.94. The first-order chi connectivity index (χ1) is 8.26. The van der Waals surface area contributed by atoms with E-state index in [1.165, 1.54) is 25.8 Å². The van der Waals surface area contributed by atoms with Crippen LogP contribution in [0.2, 0.25) is 0 Å². The first kappa shape index (κ1) is 11.0. The van der Waals surface area contributed by atoms with Crippen LogP contribution in [0.15, 0.2) is 6.07 Å². The van der Waals surface area contributed by atoms with Crippen molar-refractivity contribution in [2.45, 2.75) is 38.6 Å². The molecule has 0 unspecified atom stereocenters. The van der Waals surface area contributed by atoms with Gasteiger partial charge in [0.05, 0.1) is 0 Å². The molecule has 1 saturated heterocycles. The van der Waals surface area contributed by atoms with E-state index in [0.717, 1.165) is 35.7 Å². The summed E-state index contributed by atoms with van der Waals surface area (Å²) in [5.74, 6) is 2.88. The maximum atomic E-state index is 5.60. The van der Waals surface area contributed by atoms with Gasteiger partial charge in [0, 0.05) is 30.8 Å². The smallest absolute Gasteiger partial charge is 0.132 e. The van der Waals surface area contributed by atoms with Crippen molar-refractivity contribution < 1.29 is 0 Å². The van der Waals surface area contributed by atoms with E-state index >= 15 is 0 Å². The molecule has 2 N–H and O–H groups in total. The molecule has 0 spiro atoms. The van der Waals surface area contributed by atoms with Crippen LogP contribution in [0.4, 0.5) is 5.82 Å². The Labute approximate surface area is 102 Å². The SMILES string of the molecule is Cc1nc(CCN)cc(N2C[C@@H]3CC[C@@H]2C3)n1. The lowest BCUT2D eigenvalue weighted by atomic mass is 10.1. The molecule has 4 heteroatoms. The molecule has 0 amide bonds. The minimum Gasteiger partial charge on any atom is -0.353 e.